The molecule has 0 aromatic heterocycles. The van der Waals surface area contributed by atoms with E-state index >= 15 is 0 Å². The smallest absolute Gasteiger partial charge is 0.264 e. The van der Waals surface area contributed by atoms with Crippen molar-refractivity contribution < 1.29 is 13.2 Å². The Labute approximate surface area is 213 Å². The molecule has 7 nitrogen and oxygen atoms in total. The first-order chi connectivity index (χ1) is 16.1. The van der Waals surface area contributed by atoms with Gasteiger partial charge in [0.1, 0.15) is 6.54 Å². The van der Waals surface area contributed by atoms with Gasteiger partial charge < -0.3 is 4.90 Å². The summed E-state index contributed by atoms with van der Waals surface area (Å²) in [6.45, 7) is 1.36. The van der Waals surface area contributed by atoms with Crippen LogP contribution in [0, 0.1) is 6.92 Å². The number of hydrogen-bond donors (Lipinski definition) is 1. The number of sulfonamides is 1. The molecule has 3 aromatic carbocycles. The minimum atomic E-state index is -4.06. The van der Waals surface area contributed by atoms with Gasteiger partial charge in [-0.25, -0.2) is 13.8 Å². The Morgan fingerprint density at radius 1 is 1.06 bits per heavy atom. The van der Waals surface area contributed by atoms with Crippen molar-refractivity contribution in [3.63, 3.8) is 0 Å². The van der Waals surface area contributed by atoms with E-state index in [1.54, 1.807) is 36.4 Å². The minimum Gasteiger partial charge on any atom is -0.377 e. The molecule has 0 spiro atoms. The molecule has 1 amide bonds. The summed E-state index contributed by atoms with van der Waals surface area (Å²) in [5.74, 6) is -0.615. The van der Waals surface area contributed by atoms with Crippen molar-refractivity contribution in [3.8, 4) is 0 Å². The highest BCUT2D eigenvalue weighted by Crippen LogP contribution is 2.30. The predicted octanol–water partition coefficient (Wildman–Crippen LogP) is 4.82. The Morgan fingerprint density at radius 2 is 1.74 bits per heavy atom. The van der Waals surface area contributed by atoms with Gasteiger partial charge in [-0.15, -0.1) is 0 Å². The van der Waals surface area contributed by atoms with Gasteiger partial charge in [-0.3, -0.25) is 9.10 Å². The molecule has 0 radical (unpaired) electrons. The zero-order valence-electron chi connectivity index (χ0n) is 18.9. The van der Waals surface area contributed by atoms with Crippen molar-refractivity contribution in [2.75, 3.05) is 29.8 Å². The number of halogens is 2. The van der Waals surface area contributed by atoms with E-state index < -0.39 is 22.5 Å². The topological polar surface area (TPSA) is 82.1 Å². The first kappa shape index (κ1) is 25.7. The zero-order valence-corrected chi connectivity index (χ0v) is 22.0. The van der Waals surface area contributed by atoms with Crippen molar-refractivity contribution in [1.82, 2.24) is 5.43 Å². The highest BCUT2D eigenvalue weighted by Gasteiger charge is 2.28. The third-order valence-electron chi connectivity index (χ3n) is 4.87. The van der Waals surface area contributed by atoms with E-state index in [9.17, 15) is 13.2 Å². The molecule has 10 heteroatoms. The normalized spacial score (nSPS) is 11.4. The summed E-state index contributed by atoms with van der Waals surface area (Å²) >= 11 is 9.79. The highest BCUT2D eigenvalue weighted by molar-refractivity contribution is 9.10. The lowest BCUT2D eigenvalue weighted by Gasteiger charge is -2.24. The molecule has 0 bridgehead atoms. The lowest BCUT2D eigenvalue weighted by atomic mass is 10.2. The third kappa shape index (κ3) is 6.16. The SMILES string of the molecule is Cc1ccc(S(=O)(=O)N(CC(=O)N/N=C\c2ccc(N(C)C)c(Br)c2)c2ccccc2Cl)cc1. The van der Waals surface area contributed by atoms with Crippen molar-refractivity contribution >= 4 is 61.1 Å². The minimum absolute atomic E-state index is 0.0557. The third-order valence-corrected chi connectivity index (χ3v) is 7.60. The van der Waals surface area contributed by atoms with E-state index in [1.807, 2.05) is 44.1 Å². The molecular weight excluding hydrogens is 540 g/mol. The molecule has 0 aliphatic carbocycles. The summed E-state index contributed by atoms with van der Waals surface area (Å²) in [6.07, 6.45) is 1.48. The van der Waals surface area contributed by atoms with Crippen LogP contribution in [0.15, 0.2) is 81.2 Å². The summed E-state index contributed by atoms with van der Waals surface area (Å²) in [5, 5.41) is 4.19. The monoisotopic (exact) mass is 562 g/mol. The molecule has 0 unspecified atom stereocenters. The quantitative estimate of drug-likeness (QED) is 0.315. The first-order valence-corrected chi connectivity index (χ1v) is 12.8. The average molecular weight is 564 g/mol. The first-order valence-electron chi connectivity index (χ1n) is 10.2. The Bertz CT molecular complexity index is 1310. The molecule has 0 aliphatic heterocycles. The molecule has 3 rings (SSSR count). The summed E-state index contributed by atoms with van der Waals surface area (Å²) in [6, 6.07) is 18.5. The van der Waals surface area contributed by atoms with Crippen LogP contribution < -0.4 is 14.6 Å². The average Bonchev–Trinajstić information content (AvgIpc) is 2.78. The van der Waals surface area contributed by atoms with E-state index in [0.717, 1.165) is 25.6 Å². The van der Waals surface area contributed by atoms with Crippen LogP contribution in [0.1, 0.15) is 11.1 Å². The molecular formula is C24H24BrClN4O3S. The Hall–Kier alpha value is -2.88. The van der Waals surface area contributed by atoms with E-state index in [2.05, 4.69) is 26.5 Å². The Kier molecular flexibility index (Phi) is 8.35. The molecule has 0 fully saturated rings. The number of nitrogens with zero attached hydrogens (tertiary/aromatic N) is 3. The van der Waals surface area contributed by atoms with Gasteiger partial charge in [0.25, 0.3) is 15.9 Å². The number of nitrogens with one attached hydrogen (secondary N) is 1. The summed E-state index contributed by atoms with van der Waals surface area (Å²) in [7, 11) is -0.191. The number of carbonyl (C=O) groups is 1. The number of aryl methyl sites for hydroxylation is 1. The number of hydrogen-bond acceptors (Lipinski definition) is 5. The number of amides is 1. The van der Waals surface area contributed by atoms with Gasteiger partial charge in [-0.1, -0.05) is 47.5 Å². The fraction of sp³-hybridized carbons (Fsp3) is 0.167. The predicted molar refractivity (Wildman–Crippen MR) is 141 cm³/mol. The number of rotatable bonds is 8. The van der Waals surface area contributed by atoms with Crippen LogP contribution in [-0.4, -0.2) is 41.2 Å². The maximum absolute atomic E-state index is 13.4. The van der Waals surface area contributed by atoms with Crippen LogP contribution in [-0.2, 0) is 14.8 Å². The van der Waals surface area contributed by atoms with Crippen molar-refractivity contribution in [3.05, 3.63) is 87.4 Å². The zero-order chi connectivity index (χ0) is 24.9. The van der Waals surface area contributed by atoms with Gasteiger partial charge in [0, 0.05) is 18.6 Å². The van der Waals surface area contributed by atoms with Crippen LogP contribution in [0.2, 0.25) is 5.02 Å². The van der Waals surface area contributed by atoms with Crippen LogP contribution in [0.4, 0.5) is 11.4 Å². The largest absolute Gasteiger partial charge is 0.377 e. The van der Waals surface area contributed by atoms with E-state index in [0.29, 0.717) is 0 Å². The van der Waals surface area contributed by atoms with E-state index in [1.165, 1.54) is 18.3 Å². The number of hydrazone groups is 1. The molecule has 178 valence electrons. The van der Waals surface area contributed by atoms with Gasteiger partial charge in [0.05, 0.1) is 27.5 Å². The summed E-state index contributed by atoms with van der Waals surface area (Å²) in [5.41, 5.74) is 5.27. The van der Waals surface area contributed by atoms with Gasteiger partial charge >= 0.3 is 0 Å². The fourth-order valence-electron chi connectivity index (χ4n) is 3.10. The van der Waals surface area contributed by atoms with Crippen LogP contribution in [0.5, 0.6) is 0 Å². The summed E-state index contributed by atoms with van der Waals surface area (Å²) in [4.78, 5) is 14.7. The van der Waals surface area contributed by atoms with Gasteiger partial charge in [0.15, 0.2) is 0 Å². The maximum Gasteiger partial charge on any atom is 0.264 e. The van der Waals surface area contributed by atoms with Crippen molar-refractivity contribution in [2.45, 2.75) is 11.8 Å². The van der Waals surface area contributed by atoms with Crippen molar-refractivity contribution in [2.24, 2.45) is 5.10 Å². The Balaban J connectivity index is 1.82. The molecule has 0 aliphatic rings. The number of carbonyl (C=O) groups excluding carboxylic acids is 1. The Morgan fingerprint density at radius 3 is 2.35 bits per heavy atom. The van der Waals surface area contributed by atoms with Crippen molar-refractivity contribution in [1.29, 1.82) is 0 Å². The maximum atomic E-state index is 13.4. The standard InChI is InChI=1S/C24H24BrClN4O3S/c1-17-8-11-19(12-9-17)34(32,33)30(23-7-5-4-6-21(23)26)16-24(31)28-27-15-18-10-13-22(29(2)3)20(25)14-18/h4-15H,16H2,1-3H3,(H,28,31)/b27-15-. The second-order valence-electron chi connectivity index (χ2n) is 7.67. The molecule has 0 saturated heterocycles. The molecule has 3 aromatic rings. The highest BCUT2D eigenvalue weighted by atomic mass is 79.9. The van der Waals surface area contributed by atoms with Gasteiger partial charge in [0.2, 0.25) is 0 Å². The van der Waals surface area contributed by atoms with Crippen LogP contribution >= 0.6 is 27.5 Å². The molecule has 0 saturated carbocycles. The van der Waals surface area contributed by atoms with Gasteiger partial charge in [-0.05, 0) is 64.8 Å². The van der Waals surface area contributed by atoms with Gasteiger partial charge in [-0.2, -0.15) is 5.10 Å². The van der Waals surface area contributed by atoms with E-state index in [-0.39, 0.29) is 15.6 Å². The fourth-order valence-corrected chi connectivity index (χ4v) is 5.58. The lowest BCUT2D eigenvalue weighted by molar-refractivity contribution is -0.119. The summed E-state index contributed by atoms with van der Waals surface area (Å²) < 4.78 is 28.6. The number of benzene rings is 3. The van der Waals surface area contributed by atoms with E-state index in [4.69, 9.17) is 11.6 Å². The molecule has 1 N–H and O–H groups in total. The lowest BCUT2D eigenvalue weighted by Crippen LogP contribution is -2.39. The molecule has 0 heterocycles. The number of para-hydroxylation sites is 1. The second-order valence-corrected chi connectivity index (χ2v) is 10.8. The second kappa shape index (κ2) is 11.0. The molecule has 0 atom stereocenters. The molecule has 34 heavy (non-hydrogen) atoms. The van der Waals surface area contributed by atoms with Crippen LogP contribution in [0.3, 0.4) is 0 Å². The number of anilines is 2. The van der Waals surface area contributed by atoms with Crippen LogP contribution in [0.25, 0.3) is 0 Å².